The normalized spacial score (nSPS) is 19.2. The number of hydrogen-bond donors (Lipinski definition) is 0. The van der Waals surface area contributed by atoms with Crippen LogP contribution in [0, 0.1) is 5.92 Å². The highest BCUT2D eigenvalue weighted by Gasteiger charge is 2.17. The molecule has 0 aliphatic heterocycles. The zero-order valence-corrected chi connectivity index (χ0v) is 15.0. The van der Waals surface area contributed by atoms with Crippen molar-refractivity contribution in [1.82, 2.24) is 0 Å². The Hall–Kier alpha value is -1.82. The molecular formula is C22H32. The van der Waals surface area contributed by atoms with Crippen LogP contribution >= 0.6 is 0 Å². The SMILES string of the molecule is C=C/C=C1/CC(/C=C\C=C\C)=C(C=C)C/C1=C/C(C)C.CC. The molecule has 0 fully saturated rings. The van der Waals surface area contributed by atoms with Crippen LogP contribution in [0.25, 0.3) is 0 Å². The molecule has 1 aliphatic carbocycles. The van der Waals surface area contributed by atoms with Gasteiger partial charge in [-0.1, -0.05) is 89.5 Å². The molecule has 0 radical (unpaired) electrons. The fraction of sp³-hybridized carbons (Fsp3) is 0.364. The quantitative estimate of drug-likeness (QED) is 0.474. The van der Waals surface area contributed by atoms with Crippen molar-refractivity contribution >= 4 is 0 Å². The van der Waals surface area contributed by atoms with Gasteiger partial charge in [0.25, 0.3) is 0 Å². The van der Waals surface area contributed by atoms with E-state index in [0.29, 0.717) is 5.92 Å². The molecule has 0 aromatic rings. The zero-order valence-electron chi connectivity index (χ0n) is 15.0. The summed E-state index contributed by atoms with van der Waals surface area (Å²) in [5.41, 5.74) is 5.48. The molecule has 0 N–H and O–H groups in total. The van der Waals surface area contributed by atoms with Crippen molar-refractivity contribution in [2.24, 2.45) is 5.92 Å². The van der Waals surface area contributed by atoms with Gasteiger partial charge in [0, 0.05) is 0 Å². The van der Waals surface area contributed by atoms with E-state index in [1.165, 1.54) is 22.3 Å². The molecule has 1 rings (SSSR count). The van der Waals surface area contributed by atoms with Gasteiger partial charge in [-0.2, -0.15) is 0 Å². The van der Waals surface area contributed by atoms with E-state index in [2.05, 4.69) is 57.4 Å². The van der Waals surface area contributed by atoms with Crippen molar-refractivity contribution in [3.63, 3.8) is 0 Å². The fourth-order valence-electron chi connectivity index (χ4n) is 2.39. The summed E-state index contributed by atoms with van der Waals surface area (Å²) < 4.78 is 0. The molecular weight excluding hydrogens is 264 g/mol. The van der Waals surface area contributed by atoms with Crippen LogP contribution in [0.5, 0.6) is 0 Å². The molecule has 0 amide bonds. The second-order valence-corrected chi connectivity index (χ2v) is 5.36. The second kappa shape index (κ2) is 11.8. The van der Waals surface area contributed by atoms with Gasteiger partial charge < -0.3 is 0 Å². The molecule has 0 heteroatoms. The Morgan fingerprint density at radius 3 is 2.09 bits per heavy atom. The van der Waals surface area contributed by atoms with Crippen molar-refractivity contribution in [3.8, 4) is 0 Å². The van der Waals surface area contributed by atoms with E-state index in [0.717, 1.165) is 12.8 Å². The summed E-state index contributed by atoms with van der Waals surface area (Å²) in [4.78, 5) is 0. The van der Waals surface area contributed by atoms with Crippen molar-refractivity contribution in [2.45, 2.75) is 47.5 Å². The summed E-state index contributed by atoms with van der Waals surface area (Å²) >= 11 is 0. The van der Waals surface area contributed by atoms with Crippen LogP contribution in [0.15, 0.2) is 84.1 Å². The zero-order chi connectivity index (χ0) is 17.0. The third-order valence-electron chi connectivity index (χ3n) is 3.29. The Morgan fingerprint density at radius 2 is 1.59 bits per heavy atom. The van der Waals surface area contributed by atoms with Gasteiger partial charge in [0.15, 0.2) is 0 Å². The summed E-state index contributed by atoms with van der Waals surface area (Å²) in [6.45, 7) is 18.3. The van der Waals surface area contributed by atoms with Gasteiger partial charge >= 0.3 is 0 Å². The van der Waals surface area contributed by atoms with Crippen LogP contribution in [0.1, 0.15) is 47.5 Å². The predicted molar refractivity (Wildman–Crippen MR) is 103 cm³/mol. The highest BCUT2D eigenvalue weighted by Crippen LogP contribution is 2.35. The van der Waals surface area contributed by atoms with Gasteiger partial charge in [0.05, 0.1) is 0 Å². The standard InChI is InChI=1S/C20H26.C2H6/c1-6-9-10-12-19-15-18(11-7-2)20(13-16(4)5)14-17(19)8-3;1-2/h6-13,16H,2-3,14-15H2,1,4-5H3;1-2H3/b9-6+,12-10-,18-11-,20-13-;. The van der Waals surface area contributed by atoms with Crippen LogP contribution in [-0.2, 0) is 0 Å². The summed E-state index contributed by atoms with van der Waals surface area (Å²) in [5.74, 6) is 0.560. The summed E-state index contributed by atoms with van der Waals surface area (Å²) in [5, 5.41) is 0. The lowest BCUT2D eigenvalue weighted by molar-refractivity contribution is 0.811. The molecule has 0 unspecified atom stereocenters. The Kier molecular flexibility index (Phi) is 10.8. The van der Waals surface area contributed by atoms with Crippen LogP contribution in [0.2, 0.25) is 0 Å². The molecule has 0 nitrogen and oxygen atoms in total. The Morgan fingerprint density at radius 1 is 0.955 bits per heavy atom. The van der Waals surface area contributed by atoms with Gasteiger partial charge in [0.1, 0.15) is 0 Å². The molecule has 0 atom stereocenters. The Bertz CT molecular complexity index is 502. The van der Waals surface area contributed by atoms with Crippen LogP contribution in [-0.4, -0.2) is 0 Å². The van der Waals surface area contributed by atoms with Crippen LogP contribution in [0.4, 0.5) is 0 Å². The molecule has 0 saturated carbocycles. The Labute approximate surface area is 138 Å². The molecule has 22 heavy (non-hydrogen) atoms. The third kappa shape index (κ3) is 6.76. The lowest BCUT2D eigenvalue weighted by Crippen LogP contribution is -2.04. The van der Waals surface area contributed by atoms with E-state index in [1.54, 1.807) is 0 Å². The molecule has 0 aromatic carbocycles. The first kappa shape index (κ1) is 20.2. The molecule has 1 aliphatic rings. The van der Waals surface area contributed by atoms with E-state index in [1.807, 2.05) is 39.0 Å². The first-order chi connectivity index (χ1) is 10.6. The lowest BCUT2D eigenvalue weighted by atomic mass is 9.82. The van der Waals surface area contributed by atoms with Crippen molar-refractivity contribution in [2.75, 3.05) is 0 Å². The molecule has 0 aromatic heterocycles. The minimum Gasteiger partial charge on any atom is -0.0991 e. The van der Waals surface area contributed by atoms with E-state index in [9.17, 15) is 0 Å². The Balaban J connectivity index is 0.00000211. The predicted octanol–water partition coefficient (Wildman–Crippen LogP) is 7.12. The maximum absolute atomic E-state index is 3.97. The highest BCUT2D eigenvalue weighted by atomic mass is 14.2. The number of hydrogen-bond acceptors (Lipinski definition) is 0. The van der Waals surface area contributed by atoms with Gasteiger partial charge in [-0.25, -0.2) is 0 Å². The van der Waals surface area contributed by atoms with Crippen molar-refractivity contribution < 1.29 is 0 Å². The topological polar surface area (TPSA) is 0 Å². The smallest absolute Gasteiger partial charge is 0.00202 e. The minimum absolute atomic E-state index is 0.560. The number of rotatable bonds is 5. The molecule has 0 bridgehead atoms. The first-order valence-electron chi connectivity index (χ1n) is 8.28. The van der Waals surface area contributed by atoms with Gasteiger partial charge in [-0.3, -0.25) is 0 Å². The highest BCUT2D eigenvalue weighted by molar-refractivity contribution is 5.51. The summed E-state index contributed by atoms with van der Waals surface area (Å²) in [6, 6.07) is 0. The average molecular weight is 296 g/mol. The maximum atomic E-state index is 3.97. The van der Waals surface area contributed by atoms with Crippen molar-refractivity contribution in [3.05, 3.63) is 84.1 Å². The van der Waals surface area contributed by atoms with Crippen LogP contribution < -0.4 is 0 Å². The minimum atomic E-state index is 0.560. The van der Waals surface area contributed by atoms with Gasteiger partial charge in [0.2, 0.25) is 0 Å². The first-order valence-corrected chi connectivity index (χ1v) is 8.28. The van der Waals surface area contributed by atoms with Crippen molar-refractivity contribution in [1.29, 1.82) is 0 Å². The van der Waals surface area contributed by atoms with Gasteiger partial charge in [-0.15, -0.1) is 0 Å². The van der Waals surface area contributed by atoms with E-state index in [4.69, 9.17) is 0 Å². The molecule has 0 spiro atoms. The second-order valence-electron chi connectivity index (χ2n) is 5.36. The summed E-state index contributed by atoms with van der Waals surface area (Å²) in [7, 11) is 0. The van der Waals surface area contributed by atoms with Crippen LogP contribution in [0.3, 0.4) is 0 Å². The largest absolute Gasteiger partial charge is 0.0991 e. The summed E-state index contributed by atoms with van der Waals surface area (Å²) in [6.07, 6.45) is 18.7. The number of allylic oxidation sites excluding steroid dienone is 12. The third-order valence-corrected chi connectivity index (χ3v) is 3.29. The molecule has 0 saturated heterocycles. The molecule has 120 valence electrons. The fourth-order valence-corrected chi connectivity index (χ4v) is 2.39. The lowest BCUT2D eigenvalue weighted by Gasteiger charge is -2.23. The van der Waals surface area contributed by atoms with Gasteiger partial charge in [-0.05, 0) is 48.0 Å². The van der Waals surface area contributed by atoms with E-state index >= 15 is 0 Å². The molecule has 0 heterocycles. The average Bonchev–Trinajstić information content (AvgIpc) is 2.51. The van der Waals surface area contributed by atoms with E-state index in [-0.39, 0.29) is 0 Å². The van der Waals surface area contributed by atoms with E-state index < -0.39 is 0 Å². The monoisotopic (exact) mass is 296 g/mol. The maximum Gasteiger partial charge on any atom is -0.00202 e.